The molecule has 106 valence electrons. The maximum Gasteiger partial charge on any atom is 0.573 e. The number of hydrogen-bond acceptors (Lipinski definition) is 2. The Morgan fingerprint density at radius 2 is 1.60 bits per heavy atom. The topological polar surface area (TPSA) is 35.2 Å². The Bertz CT molecular complexity index is 576. The van der Waals surface area contributed by atoms with Gasteiger partial charge in [-0.05, 0) is 24.1 Å². The lowest BCUT2D eigenvalue weighted by atomic mass is 10.0. The molecule has 0 spiro atoms. The van der Waals surface area contributed by atoms with Crippen molar-refractivity contribution in [1.82, 2.24) is 0 Å². The normalized spacial score (nSPS) is 13.1. The number of nitrogens with two attached hydrogens (primary N) is 1. The van der Waals surface area contributed by atoms with Gasteiger partial charge in [0, 0.05) is 11.6 Å². The predicted molar refractivity (Wildman–Crippen MR) is 71.2 cm³/mol. The Balaban J connectivity index is 2.37. The fraction of sp³-hybridized carbons (Fsp3) is 0.200. The van der Waals surface area contributed by atoms with Gasteiger partial charge in [-0.15, -0.1) is 13.2 Å². The number of benzene rings is 2. The molecular weight excluding hydrogens is 267 g/mol. The van der Waals surface area contributed by atoms with Crippen molar-refractivity contribution in [2.24, 2.45) is 5.73 Å². The first-order valence-electron chi connectivity index (χ1n) is 6.07. The van der Waals surface area contributed by atoms with E-state index in [4.69, 9.17) is 5.73 Å². The number of alkyl halides is 3. The van der Waals surface area contributed by atoms with E-state index >= 15 is 0 Å². The first-order valence-corrected chi connectivity index (χ1v) is 6.07. The molecule has 0 amide bonds. The summed E-state index contributed by atoms with van der Waals surface area (Å²) in [6, 6.07) is 13.0. The Kier molecular flexibility index (Phi) is 3.99. The van der Waals surface area contributed by atoms with Crippen LogP contribution in [0.3, 0.4) is 0 Å². The summed E-state index contributed by atoms with van der Waals surface area (Å²) in [5.41, 5.74) is 7.70. The average Bonchev–Trinajstić information content (AvgIpc) is 2.37. The van der Waals surface area contributed by atoms with Crippen molar-refractivity contribution >= 4 is 0 Å². The molecule has 2 nitrogen and oxygen atoms in total. The second-order valence-corrected chi connectivity index (χ2v) is 4.45. The van der Waals surface area contributed by atoms with Crippen molar-refractivity contribution in [1.29, 1.82) is 0 Å². The summed E-state index contributed by atoms with van der Waals surface area (Å²) >= 11 is 0. The van der Waals surface area contributed by atoms with Crippen LogP contribution in [-0.4, -0.2) is 6.36 Å². The van der Waals surface area contributed by atoms with Gasteiger partial charge in [-0.1, -0.05) is 42.5 Å². The van der Waals surface area contributed by atoms with Crippen molar-refractivity contribution in [3.63, 3.8) is 0 Å². The van der Waals surface area contributed by atoms with Crippen LogP contribution in [0.4, 0.5) is 13.2 Å². The lowest BCUT2D eigenvalue weighted by molar-refractivity contribution is -0.274. The molecule has 2 aromatic carbocycles. The minimum absolute atomic E-state index is 0.120. The minimum Gasteiger partial charge on any atom is -0.405 e. The van der Waals surface area contributed by atoms with Crippen LogP contribution in [0.25, 0.3) is 11.1 Å². The maximum absolute atomic E-state index is 12.4. The zero-order valence-electron chi connectivity index (χ0n) is 10.8. The van der Waals surface area contributed by atoms with Crippen molar-refractivity contribution in [3.8, 4) is 16.9 Å². The number of rotatable bonds is 3. The molecule has 2 N–H and O–H groups in total. The van der Waals surface area contributed by atoms with Crippen LogP contribution in [-0.2, 0) is 0 Å². The molecule has 0 aliphatic carbocycles. The molecule has 0 saturated carbocycles. The third-order valence-electron chi connectivity index (χ3n) is 2.86. The van der Waals surface area contributed by atoms with E-state index in [-0.39, 0.29) is 11.8 Å². The van der Waals surface area contributed by atoms with Gasteiger partial charge < -0.3 is 10.5 Å². The van der Waals surface area contributed by atoms with Gasteiger partial charge >= 0.3 is 6.36 Å². The fourth-order valence-corrected chi connectivity index (χ4v) is 1.89. The number of hydrogen-bond donors (Lipinski definition) is 1. The monoisotopic (exact) mass is 281 g/mol. The predicted octanol–water partition coefficient (Wildman–Crippen LogP) is 4.27. The lowest BCUT2D eigenvalue weighted by Crippen LogP contribution is -2.17. The third-order valence-corrected chi connectivity index (χ3v) is 2.86. The van der Waals surface area contributed by atoms with Crippen LogP contribution in [0.5, 0.6) is 5.75 Å². The minimum atomic E-state index is -4.71. The SMILES string of the molecule is C[C@@H](N)c1ccc(-c2ccccc2OC(F)(F)F)cc1. The molecule has 5 heteroatoms. The highest BCUT2D eigenvalue weighted by molar-refractivity contribution is 5.70. The molecule has 0 aliphatic rings. The first kappa shape index (κ1) is 14.4. The van der Waals surface area contributed by atoms with E-state index in [1.54, 1.807) is 36.4 Å². The molecule has 0 unspecified atom stereocenters. The summed E-state index contributed by atoms with van der Waals surface area (Å²) in [5.74, 6) is -0.214. The molecule has 0 aromatic heterocycles. The molecule has 0 heterocycles. The van der Waals surface area contributed by atoms with E-state index in [0.29, 0.717) is 11.1 Å². The standard InChI is InChI=1S/C15H14F3NO/c1-10(19)11-6-8-12(9-7-11)13-4-2-3-5-14(13)20-15(16,17)18/h2-10H,19H2,1H3/t10-/m1/s1. The Labute approximate surface area is 115 Å². The van der Waals surface area contributed by atoms with E-state index in [0.717, 1.165) is 5.56 Å². The largest absolute Gasteiger partial charge is 0.573 e. The van der Waals surface area contributed by atoms with E-state index < -0.39 is 6.36 Å². The number of halogens is 3. The van der Waals surface area contributed by atoms with Gasteiger partial charge in [0.15, 0.2) is 0 Å². The highest BCUT2D eigenvalue weighted by Gasteiger charge is 2.32. The number of ether oxygens (including phenoxy) is 1. The van der Waals surface area contributed by atoms with E-state index in [9.17, 15) is 13.2 Å². The Morgan fingerprint density at radius 1 is 1.00 bits per heavy atom. The summed E-state index contributed by atoms with van der Waals surface area (Å²) in [4.78, 5) is 0. The van der Waals surface area contributed by atoms with Crippen molar-refractivity contribution in [2.75, 3.05) is 0 Å². The zero-order chi connectivity index (χ0) is 14.8. The molecule has 0 fully saturated rings. The van der Waals surface area contributed by atoms with E-state index in [1.807, 2.05) is 6.92 Å². The van der Waals surface area contributed by atoms with Crippen molar-refractivity contribution < 1.29 is 17.9 Å². The first-order chi connectivity index (χ1) is 9.37. The van der Waals surface area contributed by atoms with Crippen LogP contribution in [0.15, 0.2) is 48.5 Å². The van der Waals surface area contributed by atoms with Gasteiger partial charge in [-0.3, -0.25) is 0 Å². The number of para-hydroxylation sites is 1. The summed E-state index contributed by atoms with van der Waals surface area (Å²) in [7, 11) is 0. The van der Waals surface area contributed by atoms with Gasteiger partial charge in [0.2, 0.25) is 0 Å². The lowest BCUT2D eigenvalue weighted by Gasteiger charge is -2.14. The summed E-state index contributed by atoms with van der Waals surface area (Å²) in [6.07, 6.45) is -4.71. The van der Waals surface area contributed by atoms with E-state index in [1.165, 1.54) is 12.1 Å². The van der Waals surface area contributed by atoms with Gasteiger partial charge in [0.25, 0.3) is 0 Å². The van der Waals surface area contributed by atoms with Gasteiger partial charge in [0.1, 0.15) is 5.75 Å². The molecule has 0 radical (unpaired) electrons. The van der Waals surface area contributed by atoms with Crippen LogP contribution < -0.4 is 10.5 Å². The molecule has 1 atom stereocenters. The van der Waals surface area contributed by atoms with Gasteiger partial charge in [-0.2, -0.15) is 0 Å². The average molecular weight is 281 g/mol. The maximum atomic E-state index is 12.4. The van der Waals surface area contributed by atoms with Crippen LogP contribution in [0.1, 0.15) is 18.5 Å². The Hall–Kier alpha value is -2.01. The zero-order valence-corrected chi connectivity index (χ0v) is 10.8. The van der Waals surface area contributed by atoms with Crippen molar-refractivity contribution in [2.45, 2.75) is 19.3 Å². The highest BCUT2D eigenvalue weighted by atomic mass is 19.4. The molecule has 0 bridgehead atoms. The fourth-order valence-electron chi connectivity index (χ4n) is 1.89. The summed E-state index contributed by atoms with van der Waals surface area (Å²) in [6.45, 7) is 1.84. The van der Waals surface area contributed by atoms with Crippen LogP contribution >= 0.6 is 0 Å². The smallest absolute Gasteiger partial charge is 0.405 e. The molecule has 2 rings (SSSR count). The summed E-state index contributed by atoms with van der Waals surface area (Å²) in [5, 5.41) is 0. The molecule has 20 heavy (non-hydrogen) atoms. The second-order valence-electron chi connectivity index (χ2n) is 4.45. The van der Waals surface area contributed by atoms with Crippen LogP contribution in [0, 0.1) is 0 Å². The quantitative estimate of drug-likeness (QED) is 0.911. The summed E-state index contributed by atoms with van der Waals surface area (Å²) < 4.78 is 41.1. The van der Waals surface area contributed by atoms with Gasteiger partial charge in [-0.25, -0.2) is 0 Å². The second kappa shape index (κ2) is 5.54. The Morgan fingerprint density at radius 3 is 2.15 bits per heavy atom. The highest BCUT2D eigenvalue weighted by Crippen LogP contribution is 2.33. The van der Waals surface area contributed by atoms with E-state index in [2.05, 4.69) is 4.74 Å². The molecule has 0 aliphatic heterocycles. The molecule has 2 aromatic rings. The third kappa shape index (κ3) is 3.51. The molecule has 0 saturated heterocycles. The van der Waals surface area contributed by atoms with Crippen LogP contribution in [0.2, 0.25) is 0 Å². The van der Waals surface area contributed by atoms with Crippen molar-refractivity contribution in [3.05, 3.63) is 54.1 Å². The van der Waals surface area contributed by atoms with Gasteiger partial charge in [0.05, 0.1) is 0 Å². The molecular formula is C15H14F3NO.